The molecule has 0 unspecified atom stereocenters. The summed E-state index contributed by atoms with van der Waals surface area (Å²) in [6.45, 7) is 7.91. The van der Waals surface area contributed by atoms with Crippen LogP contribution in [0, 0.1) is 11.8 Å². The van der Waals surface area contributed by atoms with Crippen LogP contribution in [0.15, 0.2) is 53.4 Å². The Bertz CT molecular complexity index is 1150. The Morgan fingerprint density at radius 3 is 2.00 bits per heavy atom. The lowest BCUT2D eigenvalue weighted by atomic mass is 9.94. The van der Waals surface area contributed by atoms with Crippen molar-refractivity contribution >= 4 is 33.4 Å². The monoisotopic (exact) mass is 486 g/mol. The fourth-order valence-corrected chi connectivity index (χ4v) is 5.71. The van der Waals surface area contributed by atoms with E-state index in [1.54, 1.807) is 24.3 Å². The maximum Gasteiger partial charge on any atom is 0.338 e. The smallest absolute Gasteiger partial charge is 0.338 e. The van der Waals surface area contributed by atoms with Crippen LogP contribution < -0.4 is 5.32 Å². The van der Waals surface area contributed by atoms with E-state index in [9.17, 15) is 22.8 Å². The van der Waals surface area contributed by atoms with E-state index in [2.05, 4.69) is 5.32 Å². The van der Waals surface area contributed by atoms with Crippen LogP contribution in [0.25, 0.3) is 0 Å². The van der Waals surface area contributed by atoms with Crippen molar-refractivity contribution in [1.29, 1.82) is 0 Å². The number of carbonyl (C=O) groups is 3. The van der Waals surface area contributed by atoms with E-state index in [1.807, 2.05) is 13.8 Å². The van der Waals surface area contributed by atoms with E-state index in [4.69, 9.17) is 4.74 Å². The molecule has 1 N–H and O–H groups in total. The summed E-state index contributed by atoms with van der Waals surface area (Å²) in [7, 11) is -3.65. The number of sulfonamides is 1. The zero-order valence-electron chi connectivity index (χ0n) is 19.8. The fourth-order valence-electron chi connectivity index (χ4n) is 4.03. The van der Waals surface area contributed by atoms with Crippen LogP contribution >= 0.6 is 0 Å². The number of carbonyl (C=O) groups excluding carboxylic acids is 3. The molecule has 1 saturated heterocycles. The predicted octanol–water partition coefficient (Wildman–Crippen LogP) is 3.74. The third-order valence-electron chi connectivity index (χ3n) is 5.78. The van der Waals surface area contributed by atoms with Crippen LogP contribution in [-0.4, -0.2) is 49.6 Å². The quantitative estimate of drug-likeness (QED) is 0.472. The van der Waals surface area contributed by atoms with Crippen LogP contribution in [0.1, 0.15) is 54.8 Å². The van der Waals surface area contributed by atoms with Crippen molar-refractivity contribution in [2.75, 3.05) is 18.4 Å². The summed E-state index contributed by atoms with van der Waals surface area (Å²) >= 11 is 0. The van der Waals surface area contributed by atoms with Crippen LogP contribution in [0.4, 0.5) is 5.69 Å². The van der Waals surface area contributed by atoms with Crippen LogP contribution in [0.3, 0.4) is 0 Å². The van der Waals surface area contributed by atoms with Crippen molar-refractivity contribution in [3.05, 3.63) is 59.7 Å². The molecule has 2 aromatic rings. The first-order valence-electron chi connectivity index (χ1n) is 11.2. The molecular formula is C25H30N2O6S. The minimum Gasteiger partial charge on any atom is -0.449 e. The first kappa shape index (κ1) is 25.6. The van der Waals surface area contributed by atoms with Gasteiger partial charge in [0.1, 0.15) is 0 Å². The van der Waals surface area contributed by atoms with Crippen molar-refractivity contribution in [3.63, 3.8) is 0 Å². The molecule has 34 heavy (non-hydrogen) atoms. The van der Waals surface area contributed by atoms with E-state index in [1.165, 1.54) is 42.4 Å². The molecule has 182 valence electrons. The van der Waals surface area contributed by atoms with Gasteiger partial charge in [-0.15, -0.1) is 0 Å². The predicted molar refractivity (Wildman–Crippen MR) is 128 cm³/mol. The highest BCUT2D eigenvalue weighted by Crippen LogP contribution is 2.27. The second-order valence-electron chi connectivity index (χ2n) is 8.96. The molecule has 1 amide bonds. The molecule has 3 rings (SSSR count). The molecule has 9 heteroatoms. The molecule has 8 nitrogen and oxygen atoms in total. The van der Waals surface area contributed by atoms with Crippen molar-refractivity contribution in [2.24, 2.45) is 11.8 Å². The Hall–Kier alpha value is -3.04. The number of amides is 1. The summed E-state index contributed by atoms with van der Waals surface area (Å²) in [5.41, 5.74) is 1.13. The Morgan fingerprint density at radius 1 is 0.941 bits per heavy atom. The number of hydrogen-bond donors (Lipinski definition) is 1. The number of piperidine rings is 1. The maximum atomic E-state index is 13.0. The number of Topliss-reactive ketones (excluding diaryl/α,β-unsaturated/α-hetero) is 1. The van der Waals surface area contributed by atoms with Gasteiger partial charge in [0.25, 0.3) is 5.91 Å². The average molecular weight is 487 g/mol. The van der Waals surface area contributed by atoms with Gasteiger partial charge in [0, 0.05) is 24.3 Å². The number of ketones is 1. The number of benzene rings is 2. The molecule has 0 spiro atoms. The molecule has 3 atom stereocenters. The standard InChI is InChI=1S/C25H30N2O6S/c1-16-13-17(2)15-27(14-16)34(31,32)23-11-7-21(8-12-23)25(30)33-19(4)24(29)26-22-9-5-20(6-10-22)18(3)28/h5-12,16-17,19H,13-15H2,1-4H3,(H,26,29)/t16-,17+,19-/m1/s1. The lowest BCUT2D eigenvalue weighted by Gasteiger charge is -2.34. The van der Waals surface area contributed by atoms with Crippen molar-refractivity contribution in [1.82, 2.24) is 4.31 Å². The van der Waals surface area contributed by atoms with Gasteiger partial charge in [-0.25, -0.2) is 13.2 Å². The molecule has 0 aromatic heterocycles. The molecule has 1 aliphatic heterocycles. The molecule has 1 fully saturated rings. The highest BCUT2D eigenvalue weighted by Gasteiger charge is 2.31. The van der Waals surface area contributed by atoms with Crippen LogP contribution in [0.2, 0.25) is 0 Å². The minimum absolute atomic E-state index is 0.0842. The number of nitrogens with one attached hydrogen (secondary N) is 1. The topological polar surface area (TPSA) is 110 Å². The number of anilines is 1. The molecular weight excluding hydrogens is 456 g/mol. The Balaban J connectivity index is 1.61. The highest BCUT2D eigenvalue weighted by molar-refractivity contribution is 7.89. The van der Waals surface area contributed by atoms with Crippen molar-refractivity contribution < 1.29 is 27.5 Å². The number of ether oxygens (including phenoxy) is 1. The van der Waals surface area contributed by atoms with Crippen LogP contribution in [0.5, 0.6) is 0 Å². The number of hydrogen-bond acceptors (Lipinski definition) is 6. The average Bonchev–Trinajstić information content (AvgIpc) is 2.78. The van der Waals surface area contributed by atoms with Gasteiger partial charge in [0.05, 0.1) is 10.5 Å². The second kappa shape index (κ2) is 10.5. The minimum atomic E-state index is -3.65. The normalized spacial score (nSPS) is 19.8. The van der Waals surface area contributed by atoms with E-state index < -0.39 is 28.0 Å². The van der Waals surface area contributed by atoms with Gasteiger partial charge >= 0.3 is 5.97 Å². The molecule has 1 heterocycles. The summed E-state index contributed by atoms with van der Waals surface area (Å²) in [6.07, 6.45) is -0.0912. The summed E-state index contributed by atoms with van der Waals surface area (Å²) in [5, 5.41) is 2.62. The first-order chi connectivity index (χ1) is 16.0. The molecule has 0 aliphatic carbocycles. The lowest BCUT2D eigenvalue weighted by molar-refractivity contribution is -0.123. The van der Waals surface area contributed by atoms with E-state index in [0.29, 0.717) is 24.3 Å². The maximum absolute atomic E-state index is 13.0. The Labute approximate surface area is 200 Å². The summed E-state index contributed by atoms with van der Waals surface area (Å²) < 4.78 is 32.7. The summed E-state index contributed by atoms with van der Waals surface area (Å²) in [6, 6.07) is 11.9. The lowest BCUT2D eigenvalue weighted by Crippen LogP contribution is -2.42. The third-order valence-corrected chi connectivity index (χ3v) is 7.62. The zero-order chi connectivity index (χ0) is 25.0. The van der Waals surface area contributed by atoms with E-state index in [-0.39, 0.29) is 28.1 Å². The molecule has 0 saturated carbocycles. The van der Waals surface area contributed by atoms with Gasteiger partial charge in [0.2, 0.25) is 10.0 Å². The summed E-state index contributed by atoms with van der Waals surface area (Å²) in [5.74, 6) is -0.783. The Kier molecular flexibility index (Phi) is 7.89. The third kappa shape index (κ3) is 6.09. The Morgan fingerprint density at radius 2 is 1.47 bits per heavy atom. The SMILES string of the molecule is CC(=O)c1ccc(NC(=O)[C@@H](C)OC(=O)c2ccc(S(=O)(=O)N3C[C@H](C)C[C@H](C)C3)cc2)cc1. The molecule has 0 radical (unpaired) electrons. The number of esters is 1. The highest BCUT2D eigenvalue weighted by atomic mass is 32.2. The van der Waals surface area contributed by atoms with Gasteiger partial charge < -0.3 is 10.1 Å². The summed E-state index contributed by atoms with van der Waals surface area (Å²) in [4.78, 5) is 36.3. The van der Waals surface area contributed by atoms with Gasteiger partial charge in [-0.1, -0.05) is 13.8 Å². The molecule has 0 bridgehead atoms. The zero-order valence-corrected chi connectivity index (χ0v) is 20.6. The number of nitrogens with zero attached hydrogens (tertiary/aromatic N) is 1. The van der Waals surface area contributed by atoms with Crippen molar-refractivity contribution in [2.45, 2.75) is 45.1 Å². The van der Waals surface area contributed by atoms with Crippen molar-refractivity contribution in [3.8, 4) is 0 Å². The van der Waals surface area contributed by atoms with E-state index in [0.717, 1.165) is 6.42 Å². The van der Waals surface area contributed by atoms with E-state index >= 15 is 0 Å². The van der Waals surface area contributed by atoms with Gasteiger partial charge in [0.15, 0.2) is 11.9 Å². The van der Waals surface area contributed by atoms with Gasteiger partial charge in [-0.3, -0.25) is 9.59 Å². The fraction of sp³-hybridized carbons (Fsp3) is 0.400. The molecule has 1 aliphatic rings. The van der Waals surface area contributed by atoms with Crippen LogP contribution in [-0.2, 0) is 19.6 Å². The molecule has 2 aromatic carbocycles. The second-order valence-corrected chi connectivity index (χ2v) is 10.9. The van der Waals surface area contributed by atoms with Gasteiger partial charge in [-0.2, -0.15) is 4.31 Å². The van der Waals surface area contributed by atoms with Gasteiger partial charge in [-0.05, 0) is 80.6 Å². The number of rotatable bonds is 7. The first-order valence-corrected chi connectivity index (χ1v) is 12.6. The largest absolute Gasteiger partial charge is 0.449 e.